The average molecular weight is 524 g/mol. The number of benzene rings is 3. The minimum atomic E-state index is -1.03. The van der Waals surface area contributed by atoms with Gasteiger partial charge in [-0.15, -0.1) is 0 Å². The van der Waals surface area contributed by atoms with E-state index in [1.165, 1.54) is 23.1 Å². The van der Waals surface area contributed by atoms with Gasteiger partial charge in [0.15, 0.2) is 11.5 Å². The Morgan fingerprint density at radius 3 is 2.46 bits per heavy atom. The lowest BCUT2D eigenvalue weighted by Crippen LogP contribution is -2.43. The average Bonchev–Trinajstić information content (AvgIpc) is 2.84. The highest BCUT2D eigenvalue weighted by atomic mass is 35.5. The topological polar surface area (TPSA) is 76.1 Å². The first-order chi connectivity index (χ1) is 17.5. The molecule has 0 saturated heterocycles. The lowest BCUT2D eigenvalue weighted by molar-refractivity contribution is -0.137. The molecule has 0 saturated carbocycles. The molecular formula is C29H27ClFNO5. The summed E-state index contributed by atoms with van der Waals surface area (Å²) in [7, 11) is 0. The minimum absolute atomic E-state index is 0.135. The summed E-state index contributed by atoms with van der Waals surface area (Å²) >= 11 is 6.69. The molecule has 0 unspecified atom stereocenters. The molecule has 0 fully saturated rings. The normalized spacial score (nSPS) is 18.9. The van der Waals surface area contributed by atoms with Gasteiger partial charge < -0.3 is 19.5 Å². The van der Waals surface area contributed by atoms with Crippen LogP contribution in [0.5, 0.6) is 11.5 Å². The van der Waals surface area contributed by atoms with Crippen LogP contribution in [0, 0.1) is 5.82 Å². The van der Waals surface area contributed by atoms with Gasteiger partial charge in [-0.25, -0.2) is 4.39 Å². The first-order valence-electron chi connectivity index (χ1n) is 12.1. The van der Waals surface area contributed by atoms with Gasteiger partial charge in [0.2, 0.25) is 0 Å². The first kappa shape index (κ1) is 25.1. The van der Waals surface area contributed by atoms with Crippen LogP contribution >= 0.6 is 11.6 Å². The molecule has 2 aliphatic rings. The predicted molar refractivity (Wildman–Crippen MR) is 139 cm³/mol. The van der Waals surface area contributed by atoms with Crippen molar-refractivity contribution in [3.8, 4) is 11.5 Å². The van der Waals surface area contributed by atoms with Crippen molar-refractivity contribution in [1.82, 2.24) is 0 Å². The van der Waals surface area contributed by atoms with E-state index in [2.05, 4.69) is 0 Å². The number of amides is 1. The lowest BCUT2D eigenvalue weighted by atomic mass is 9.77. The van der Waals surface area contributed by atoms with Gasteiger partial charge in [-0.05, 0) is 58.5 Å². The molecule has 2 aliphatic heterocycles. The Balaban J connectivity index is 1.73. The van der Waals surface area contributed by atoms with E-state index < -0.39 is 29.7 Å². The molecule has 2 atom stereocenters. The maximum atomic E-state index is 14.3. The summed E-state index contributed by atoms with van der Waals surface area (Å²) in [6.07, 6.45) is -0.269. The zero-order valence-corrected chi connectivity index (χ0v) is 21.5. The van der Waals surface area contributed by atoms with Gasteiger partial charge in [-0.3, -0.25) is 9.59 Å². The van der Waals surface area contributed by atoms with Gasteiger partial charge in [-0.2, -0.15) is 0 Å². The molecule has 192 valence electrons. The van der Waals surface area contributed by atoms with Crippen molar-refractivity contribution in [3.63, 3.8) is 0 Å². The van der Waals surface area contributed by atoms with Crippen LogP contribution in [-0.4, -0.2) is 30.2 Å². The number of carboxylic acids is 1. The fraction of sp³-hybridized carbons (Fsp3) is 0.310. The number of carbonyl (C=O) groups is 2. The molecule has 3 aromatic carbocycles. The highest BCUT2D eigenvalue weighted by Crippen LogP contribution is 2.49. The third-order valence-electron chi connectivity index (χ3n) is 6.86. The molecule has 2 heterocycles. The molecule has 0 radical (unpaired) electrons. The Kier molecular flexibility index (Phi) is 6.36. The highest BCUT2D eigenvalue weighted by Gasteiger charge is 2.43. The monoisotopic (exact) mass is 523 g/mol. The van der Waals surface area contributed by atoms with Crippen molar-refractivity contribution in [2.75, 3.05) is 18.1 Å². The standard InChI is InChI=1S/C29H27ClFNO5/c1-29(2,3)22-8-6-18(14-23(22)30)32-27(16-4-9-24-25(12-16)37-11-10-36-24)20(15-26(33)34)19-7-5-17(31)13-21(19)28(32)35/h4-9,12-14,20,27H,10-11,15H2,1-3H3,(H,33,34)/t20-,27+/m1/s1. The molecule has 0 aliphatic carbocycles. The van der Waals surface area contributed by atoms with Crippen molar-refractivity contribution in [2.24, 2.45) is 0 Å². The molecule has 0 spiro atoms. The summed E-state index contributed by atoms with van der Waals surface area (Å²) in [6.45, 7) is 6.94. The van der Waals surface area contributed by atoms with Gasteiger partial charge in [0.1, 0.15) is 19.0 Å². The van der Waals surface area contributed by atoms with E-state index in [9.17, 15) is 19.1 Å². The number of carbonyl (C=O) groups excluding carboxylic acids is 1. The van der Waals surface area contributed by atoms with E-state index in [1.54, 1.807) is 24.3 Å². The van der Waals surface area contributed by atoms with Crippen molar-refractivity contribution in [2.45, 2.75) is 44.6 Å². The molecule has 1 amide bonds. The van der Waals surface area contributed by atoms with Crippen LogP contribution in [0.3, 0.4) is 0 Å². The molecule has 5 rings (SSSR count). The van der Waals surface area contributed by atoms with Crippen molar-refractivity contribution in [3.05, 3.63) is 87.7 Å². The van der Waals surface area contributed by atoms with Crippen molar-refractivity contribution >= 4 is 29.2 Å². The predicted octanol–water partition coefficient (Wildman–Crippen LogP) is 6.51. The lowest BCUT2D eigenvalue weighted by Gasteiger charge is -2.42. The number of hydrogen-bond acceptors (Lipinski definition) is 4. The van der Waals surface area contributed by atoms with E-state index in [4.69, 9.17) is 21.1 Å². The Labute approximate surface area is 219 Å². The Bertz CT molecular complexity index is 1400. The van der Waals surface area contributed by atoms with E-state index in [0.29, 0.717) is 46.5 Å². The molecule has 37 heavy (non-hydrogen) atoms. The SMILES string of the molecule is CC(C)(C)c1ccc(N2C(=O)c3cc(F)ccc3[C@@H](CC(=O)O)[C@@H]2c2ccc3c(c2)OCCO3)cc1Cl. The van der Waals surface area contributed by atoms with Crippen molar-refractivity contribution in [1.29, 1.82) is 0 Å². The van der Waals surface area contributed by atoms with E-state index in [0.717, 1.165) is 5.56 Å². The van der Waals surface area contributed by atoms with Crippen LogP contribution in [0.4, 0.5) is 10.1 Å². The zero-order chi connectivity index (χ0) is 26.5. The number of carboxylic acid groups (broad SMARTS) is 1. The molecule has 3 aromatic rings. The maximum Gasteiger partial charge on any atom is 0.304 e. The molecule has 0 bridgehead atoms. The maximum absolute atomic E-state index is 14.3. The third kappa shape index (κ3) is 4.64. The number of aliphatic carboxylic acids is 1. The Hall–Kier alpha value is -3.58. The smallest absolute Gasteiger partial charge is 0.304 e. The second kappa shape index (κ2) is 9.38. The number of hydrogen-bond donors (Lipinski definition) is 1. The second-order valence-electron chi connectivity index (χ2n) is 10.4. The van der Waals surface area contributed by atoms with E-state index in [1.807, 2.05) is 32.9 Å². The molecule has 1 N–H and O–H groups in total. The molecule has 8 heteroatoms. The van der Waals surface area contributed by atoms with E-state index in [-0.39, 0.29) is 17.4 Å². The summed E-state index contributed by atoms with van der Waals surface area (Å²) in [6, 6.07) is 14.0. The Morgan fingerprint density at radius 1 is 1.05 bits per heavy atom. The fourth-order valence-electron chi connectivity index (χ4n) is 5.22. The molecule has 6 nitrogen and oxygen atoms in total. The highest BCUT2D eigenvalue weighted by molar-refractivity contribution is 6.32. The summed E-state index contributed by atoms with van der Waals surface area (Å²) in [4.78, 5) is 27.6. The van der Waals surface area contributed by atoms with Crippen LogP contribution in [-0.2, 0) is 10.2 Å². The fourth-order valence-corrected chi connectivity index (χ4v) is 5.68. The van der Waals surface area contributed by atoms with Crippen LogP contribution in [0.2, 0.25) is 5.02 Å². The van der Waals surface area contributed by atoms with Crippen LogP contribution in [0.1, 0.15) is 66.2 Å². The summed E-state index contributed by atoms with van der Waals surface area (Å²) < 4.78 is 25.7. The summed E-state index contributed by atoms with van der Waals surface area (Å²) in [5, 5.41) is 10.3. The van der Waals surface area contributed by atoms with Gasteiger partial charge in [-0.1, -0.05) is 50.6 Å². The summed E-state index contributed by atoms with van der Waals surface area (Å²) in [5.74, 6) is -1.59. The number of fused-ring (bicyclic) bond motifs is 2. The summed E-state index contributed by atoms with van der Waals surface area (Å²) in [5.41, 5.74) is 2.48. The number of ether oxygens (including phenoxy) is 2. The number of rotatable bonds is 4. The second-order valence-corrected chi connectivity index (χ2v) is 10.8. The molecular weight excluding hydrogens is 497 g/mol. The van der Waals surface area contributed by atoms with Crippen LogP contribution in [0.15, 0.2) is 54.6 Å². The minimum Gasteiger partial charge on any atom is -0.486 e. The van der Waals surface area contributed by atoms with Crippen LogP contribution < -0.4 is 14.4 Å². The van der Waals surface area contributed by atoms with Gasteiger partial charge in [0.05, 0.1) is 12.5 Å². The first-order valence-corrected chi connectivity index (χ1v) is 12.5. The van der Waals surface area contributed by atoms with Crippen LogP contribution in [0.25, 0.3) is 0 Å². The number of nitrogens with zero attached hydrogens (tertiary/aromatic N) is 1. The largest absolute Gasteiger partial charge is 0.486 e. The molecule has 0 aromatic heterocycles. The number of halogens is 2. The van der Waals surface area contributed by atoms with E-state index >= 15 is 0 Å². The zero-order valence-electron chi connectivity index (χ0n) is 20.8. The van der Waals surface area contributed by atoms with Gasteiger partial charge in [0, 0.05) is 22.2 Å². The van der Waals surface area contributed by atoms with Gasteiger partial charge >= 0.3 is 5.97 Å². The number of anilines is 1. The van der Waals surface area contributed by atoms with Gasteiger partial charge in [0.25, 0.3) is 5.91 Å². The quantitative estimate of drug-likeness (QED) is 0.422. The van der Waals surface area contributed by atoms with Crippen molar-refractivity contribution < 1.29 is 28.6 Å². The Morgan fingerprint density at radius 2 is 1.78 bits per heavy atom. The third-order valence-corrected chi connectivity index (χ3v) is 7.18.